The first-order chi connectivity index (χ1) is 10.6. The molecule has 0 aliphatic carbocycles. The number of nitrogens with one attached hydrogen (secondary N) is 1. The molecule has 1 aromatic rings. The third-order valence-electron chi connectivity index (χ3n) is 2.71. The molecule has 0 aliphatic heterocycles. The van der Waals surface area contributed by atoms with Crippen LogP contribution in [0.3, 0.4) is 0 Å². The van der Waals surface area contributed by atoms with Gasteiger partial charge in [0.05, 0.1) is 11.1 Å². The molecule has 1 rings (SSSR count). The van der Waals surface area contributed by atoms with Crippen LogP contribution in [0.15, 0.2) is 34.2 Å². The summed E-state index contributed by atoms with van der Waals surface area (Å²) in [4.78, 5) is 15.4. The van der Waals surface area contributed by atoms with E-state index < -0.39 is 24.0 Å². The van der Waals surface area contributed by atoms with Gasteiger partial charge in [-0.05, 0) is 46.8 Å². The molecule has 9 heteroatoms. The average Bonchev–Trinajstić information content (AvgIpc) is 2.41. The van der Waals surface area contributed by atoms with Crippen molar-refractivity contribution >= 4 is 52.8 Å². The molecule has 0 heterocycles. The van der Waals surface area contributed by atoms with Gasteiger partial charge in [0, 0.05) is 18.3 Å². The fourth-order valence-electron chi connectivity index (χ4n) is 1.47. The number of hydrogen-bond acceptors (Lipinski definition) is 5. The molecule has 1 N–H and O–H groups in total. The molecule has 0 aromatic heterocycles. The zero-order valence-electron chi connectivity index (χ0n) is 13.4. The molecule has 0 saturated heterocycles. The van der Waals surface area contributed by atoms with Crippen LogP contribution in [0.2, 0.25) is 25.7 Å². The van der Waals surface area contributed by atoms with E-state index in [2.05, 4.69) is 24.6 Å². The number of carbonyl (C=O) groups excluding carboxylic acids is 1. The lowest BCUT2D eigenvalue weighted by Gasteiger charge is -2.14. The lowest BCUT2D eigenvalue weighted by atomic mass is 10.4. The Hall–Kier alpha value is -0.783. The Morgan fingerprint density at radius 3 is 2.70 bits per heavy atom. The van der Waals surface area contributed by atoms with E-state index in [4.69, 9.17) is 4.74 Å². The SMILES string of the molecule is C[Si](C)(C)CCOCN=CC(=O)NS(=O)(=O)c1cccc(I)c1. The van der Waals surface area contributed by atoms with Gasteiger partial charge in [-0.3, -0.25) is 9.79 Å². The Morgan fingerprint density at radius 2 is 2.09 bits per heavy atom. The molecular weight excluding hydrogens is 447 g/mol. The average molecular weight is 468 g/mol. The number of rotatable bonds is 8. The summed E-state index contributed by atoms with van der Waals surface area (Å²) in [5.74, 6) is -0.794. The molecule has 128 valence electrons. The second-order valence-corrected chi connectivity index (χ2v) is 14.6. The first-order valence-corrected chi connectivity index (χ1v) is 13.3. The van der Waals surface area contributed by atoms with Crippen molar-refractivity contribution in [1.82, 2.24) is 4.72 Å². The van der Waals surface area contributed by atoms with Crippen LogP contribution >= 0.6 is 22.6 Å². The molecule has 0 atom stereocenters. The predicted molar refractivity (Wildman–Crippen MR) is 102 cm³/mol. The molecule has 0 saturated carbocycles. The van der Waals surface area contributed by atoms with Gasteiger partial charge in [-0.2, -0.15) is 0 Å². The number of carbonyl (C=O) groups is 1. The largest absolute Gasteiger partial charge is 0.360 e. The number of benzene rings is 1. The number of ether oxygens (including phenoxy) is 1. The first-order valence-electron chi connectivity index (χ1n) is 7.00. The Labute approximate surface area is 151 Å². The van der Waals surface area contributed by atoms with Gasteiger partial charge < -0.3 is 4.74 Å². The van der Waals surface area contributed by atoms with Crippen LogP contribution < -0.4 is 4.72 Å². The third-order valence-corrected chi connectivity index (χ3v) is 6.43. The summed E-state index contributed by atoms with van der Waals surface area (Å²) in [6.45, 7) is 7.35. The van der Waals surface area contributed by atoms with E-state index in [1.54, 1.807) is 12.1 Å². The van der Waals surface area contributed by atoms with Gasteiger partial charge in [0.1, 0.15) is 6.73 Å². The van der Waals surface area contributed by atoms with Gasteiger partial charge >= 0.3 is 0 Å². The summed E-state index contributed by atoms with van der Waals surface area (Å²) < 4.78 is 32.0. The summed E-state index contributed by atoms with van der Waals surface area (Å²) in [6, 6.07) is 7.29. The number of amides is 1. The van der Waals surface area contributed by atoms with E-state index in [1.807, 2.05) is 27.3 Å². The second kappa shape index (κ2) is 8.90. The standard InChI is InChI=1S/C14H21IN2O4SSi/c1-23(2,3)8-7-21-11-16-10-14(18)17-22(19,20)13-6-4-5-12(15)9-13/h4-6,9-10H,7-8,11H2,1-3H3,(H,17,18). The summed E-state index contributed by atoms with van der Waals surface area (Å²) in [5.41, 5.74) is 0. The number of aliphatic imine (C=N–C) groups is 1. The van der Waals surface area contributed by atoms with E-state index in [0.29, 0.717) is 6.61 Å². The molecular formula is C14H21IN2O4SSi. The Bertz CT molecular complexity index is 672. The van der Waals surface area contributed by atoms with Gasteiger partial charge in [0.2, 0.25) is 0 Å². The van der Waals surface area contributed by atoms with Crippen molar-refractivity contribution in [1.29, 1.82) is 0 Å². The molecule has 1 amide bonds. The minimum Gasteiger partial charge on any atom is -0.360 e. The van der Waals surface area contributed by atoms with Crippen LogP contribution in [0, 0.1) is 3.57 Å². The highest BCUT2D eigenvalue weighted by Gasteiger charge is 2.16. The van der Waals surface area contributed by atoms with Crippen LogP contribution in [0.25, 0.3) is 0 Å². The summed E-state index contributed by atoms with van der Waals surface area (Å²) in [7, 11) is -5.03. The molecule has 0 spiro atoms. The molecule has 0 unspecified atom stereocenters. The van der Waals surface area contributed by atoms with Crippen LogP contribution in [0.5, 0.6) is 0 Å². The summed E-state index contributed by atoms with van der Waals surface area (Å²) >= 11 is 2.00. The van der Waals surface area contributed by atoms with Crippen LogP contribution in [-0.4, -0.2) is 42.0 Å². The minimum atomic E-state index is -3.88. The highest BCUT2D eigenvalue weighted by molar-refractivity contribution is 14.1. The Morgan fingerprint density at radius 1 is 1.39 bits per heavy atom. The smallest absolute Gasteiger partial charge is 0.275 e. The predicted octanol–water partition coefficient (Wildman–Crippen LogP) is 2.48. The van der Waals surface area contributed by atoms with Crippen LogP contribution in [-0.2, 0) is 19.6 Å². The second-order valence-electron chi connectivity index (χ2n) is 6.09. The van der Waals surface area contributed by atoms with Crippen molar-refractivity contribution in [3.63, 3.8) is 0 Å². The first kappa shape index (κ1) is 20.3. The quantitative estimate of drug-likeness (QED) is 0.275. The molecule has 0 fully saturated rings. The fourth-order valence-corrected chi connectivity index (χ4v) is 3.95. The zero-order valence-corrected chi connectivity index (χ0v) is 17.3. The van der Waals surface area contributed by atoms with Crippen molar-refractivity contribution in [3.8, 4) is 0 Å². The monoisotopic (exact) mass is 468 g/mol. The van der Waals surface area contributed by atoms with Gasteiger partial charge in [-0.1, -0.05) is 25.7 Å². The maximum absolute atomic E-state index is 12.0. The maximum Gasteiger partial charge on any atom is 0.275 e. The fraction of sp³-hybridized carbons (Fsp3) is 0.429. The van der Waals surface area contributed by atoms with Crippen LogP contribution in [0.4, 0.5) is 0 Å². The van der Waals surface area contributed by atoms with E-state index in [0.717, 1.165) is 15.8 Å². The van der Waals surface area contributed by atoms with Gasteiger partial charge in [-0.15, -0.1) is 0 Å². The van der Waals surface area contributed by atoms with Crippen LogP contribution in [0.1, 0.15) is 0 Å². The van der Waals surface area contributed by atoms with E-state index in [9.17, 15) is 13.2 Å². The summed E-state index contributed by atoms with van der Waals surface area (Å²) in [5, 5.41) is 0. The van der Waals surface area contributed by atoms with Gasteiger partial charge in [0.25, 0.3) is 15.9 Å². The van der Waals surface area contributed by atoms with Crippen molar-refractivity contribution in [2.75, 3.05) is 13.3 Å². The highest BCUT2D eigenvalue weighted by Crippen LogP contribution is 2.12. The van der Waals surface area contributed by atoms with E-state index >= 15 is 0 Å². The lowest BCUT2D eigenvalue weighted by molar-refractivity contribution is -0.112. The van der Waals surface area contributed by atoms with Crippen molar-refractivity contribution in [2.24, 2.45) is 4.99 Å². The normalized spacial score (nSPS) is 12.5. The topological polar surface area (TPSA) is 84.8 Å². The van der Waals surface area contributed by atoms with Crippen molar-refractivity contribution in [3.05, 3.63) is 27.8 Å². The zero-order chi connectivity index (χ0) is 17.5. The minimum absolute atomic E-state index is 0.0394. The Balaban J connectivity index is 2.45. The number of halogens is 1. The number of nitrogens with zero attached hydrogens (tertiary/aromatic N) is 1. The molecule has 0 aliphatic rings. The van der Waals surface area contributed by atoms with Gasteiger partial charge in [0.15, 0.2) is 0 Å². The Kier molecular flexibility index (Phi) is 7.84. The molecule has 0 radical (unpaired) electrons. The molecule has 23 heavy (non-hydrogen) atoms. The van der Waals surface area contributed by atoms with E-state index in [1.165, 1.54) is 12.1 Å². The highest BCUT2D eigenvalue weighted by atomic mass is 127. The molecule has 0 bridgehead atoms. The van der Waals surface area contributed by atoms with Crippen molar-refractivity contribution in [2.45, 2.75) is 30.6 Å². The number of sulfonamides is 1. The van der Waals surface area contributed by atoms with Gasteiger partial charge in [-0.25, -0.2) is 13.1 Å². The lowest BCUT2D eigenvalue weighted by Crippen LogP contribution is -2.31. The number of hydrogen-bond donors (Lipinski definition) is 1. The molecule has 1 aromatic carbocycles. The van der Waals surface area contributed by atoms with Crippen molar-refractivity contribution < 1.29 is 17.9 Å². The summed E-state index contributed by atoms with van der Waals surface area (Å²) in [6.07, 6.45) is 0.931. The van der Waals surface area contributed by atoms with E-state index in [-0.39, 0.29) is 11.6 Å². The maximum atomic E-state index is 12.0. The third kappa shape index (κ3) is 8.58. The molecule has 6 nitrogen and oxygen atoms in total.